The molecule has 1 aliphatic carbocycles. The minimum absolute atomic E-state index is 0.249. The number of para-hydroxylation sites is 1. The molecule has 2 atom stereocenters. The van der Waals surface area contributed by atoms with Crippen molar-refractivity contribution < 1.29 is 18.4 Å². The molecule has 24 heavy (non-hydrogen) atoms. The fraction of sp³-hybridized carbons (Fsp3) is 0.235. The van der Waals surface area contributed by atoms with Crippen LogP contribution < -0.4 is 10.6 Å². The summed E-state index contributed by atoms with van der Waals surface area (Å²) in [4.78, 5) is 27.9. The molecule has 124 valence electrons. The highest BCUT2D eigenvalue weighted by atomic mass is 19.1. The molecule has 1 aliphatic rings. The van der Waals surface area contributed by atoms with E-state index in [4.69, 9.17) is 0 Å². The summed E-state index contributed by atoms with van der Waals surface area (Å²) in [5.41, 5.74) is 0.416. The molecule has 0 saturated heterocycles. The van der Waals surface area contributed by atoms with Crippen molar-refractivity contribution in [3.05, 3.63) is 59.9 Å². The van der Waals surface area contributed by atoms with Gasteiger partial charge in [-0.15, -0.1) is 0 Å². The molecule has 0 spiro atoms. The van der Waals surface area contributed by atoms with Crippen LogP contribution in [-0.2, 0) is 16.1 Å². The van der Waals surface area contributed by atoms with Crippen LogP contribution in [0.5, 0.6) is 0 Å². The molecule has 0 bridgehead atoms. The maximum absolute atomic E-state index is 13.5. The monoisotopic (exact) mass is 331 g/mol. The van der Waals surface area contributed by atoms with Gasteiger partial charge in [0.05, 0.1) is 11.8 Å². The number of aromatic nitrogens is 1. The lowest BCUT2D eigenvalue weighted by Gasteiger charge is -2.08. The van der Waals surface area contributed by atoms with Crippen molar-refractivity contribution in [2.24, 2.45) is 11.8 Å². The van der Waals surface area contributed by atoms with E-state index in [2.05, 4.69) is 15.6 Å². The van der Waals surface area contributed by atoms with Gasteiger partial charge in [-0.1, -0.05) is 6.07 Å². The summed E-state index contributed by atoms with van der Waals surface area (Å²) < 4.78 is 27.0. The minimum Gasteiger partial charge on any atom is -0.352 e. The molecule has 0 aliphatic heterocycles. The third-order valence-electron chi connectivity index (χ3n) is 3.89. The number of carbonyl (C=O) groups excluding carboxylic acids is 2. The van der Waals surface area contributed by atoms with E-state index in [-0.39, 0.29) is 5.91 Å². The molecule has 2 aromatic rings. The Balaban J connectivity index is 1.53. The highest BCUT2D eigenvalue weighted by Crippen LogP contribution is 2.39. The average Bonchev–Trinajstić information content (AvgIpc) is 3.38. The number of anilines is 1. The van der Waals surface area contributed by atoms with Gasteiger partial charge in [0.25, 0.3) is 0 Å². The first kappa shape index (κ1) is 16.0. The Morgan fingerprint density at radius 3 is 2.33 bits per heavy atom. The number of benzene rings is 1. The maximum atomic E-state index is 13.5. The number of nitrogens with one attached hydrogen (secondary N) is 2. The molecule has 2 N–H and O–H groups in total. The quantitative estimate of drug-likeness (QED) is 0.883. The molecular formula is C17H15F2N3O2. The maximum Gasteiger partial charge on any atom is 0.228 e. The summed E-state index contributed by atoms with van der Waals surface area (Å²) in [5.74, 6) is -3.53. The van der Waals surface area contributed by atoms with Crippen LogP contribution in [0.15, 0.2) is 42.7 Å². The van der Waals surface area contributed by atoms with E-state index in [1.165, 1.54) is 6.07 Å². The van der Waals surface area contributed by atoms with E-state index in [9.17, 15) is 18.4 Å². The number of pyridine rings is 1. The number of nitrogens with zero attached hydrogens (tertiary/aromatic N) is 1. The summed E-state index contributed by atoms with van der Waals surface area (Å²) in [5, 5.41) is 4.96. The van der Waals surface area contributed by atoms with E-state index in [0.29, 0.717) is 13.0 Å². The zero-order valence-corrected chi connectivity index (χ0v) is 12.6. The summed E-state index contributed by atoms with van der Waals surface area (Å²) in [7, 11) is 0. The lowest BCUT2D eigenvalue weighted by atomic mass is 10.2. The van der Waals surface area contributed by atoms with Crippen LogP contribution in [0.4, 0.5) is 14.5 Å². The van der Waals surface area contributed by atoms with Crippen molar-refractivity contribution in [3.63, 3.8) is 0 Å². The van der Waals surface area contributed by atoms with E-state index < -0.39 is 35.1 Å². The largest absolute Gasteiger partial charge is 0.352 e. The molecule has 1 aromatic carbocycles. The van der Waals surface area contributed by atoms with E-state index in [0.717, 1.165) is 17.7 Å². The van der Waals surface area contributed by atoms with E-state index in [1.54, 1.807) is 24.5 Å². The van der Waals surface area contributed by atoms with Crippen molar-refractivity contribution in [2.75, 3.05) is 5.32 Å². The predicted octanol–water partition coefficient (Wildman–Crippen LogP) is 2.25. The third kappa shape index (κ3) is 3.56. The van der Waals surface area contributed by atoms with Crippen LogP contribution in [0, 0.1) is 23.5 Å². The number of hydrogen-bond donors (Lipinski definition) is 2. The fourth-order valence-electron chi connectivity index (χ4n) is 2.43. The van der Waals surface area contributed by atoms with Gasteiger partial charge in [-0.05, 0) is 36.2 Å². The molecule has 5 nitrogen and oxygen atoms in total. The Labute approximate surface area is 137 Å². The molecule has 2 amide bonds. The van der Waals surface area contributed by atoms with E-state index >= 15 is 0 Å². The van der Waals surface area contributed by atoms with Crippen molar-refractivity contribution in [2.45, 2.75) is 13.0 Å². The van der Waals surface area contributed by atoms with Gasteiger partial charge in [0.2, 0.25) is 11.8 Å². The highest BCUT2D eigenvalue weighted by molar-refractivity contribution is 5.99. The van der Waals surface area contributed by atoms with Crippen LogP contribution in [0.25, 0.3) is 0 Å². The van der Waals surface area contributed by atoms with Gasteiger partial charge < -0.3 is 10.6 Å². The van der Waals surface area contributed by atoms with Gasteiger partial charge in [-0.2, -0.15) is 0 Å². The summed E-state index contributed by atoms with van der Waals surface area (Å²) >= 11 is 0. The smallest absolute Gasteiger partial charge is 0.228 e. The molecular weight excluding hydrogens is 316 g/mol. The van der Waals surface area contributed by atoms with Crippen LogP contribution in [0.3, 0.4) is 0 Å². The van der Waals surface area contributed by atoms with Gasteiger partial charge >= 0.3 is 0 Å². The number of carbonyl (C=O) groups is 2. The molecule has 1 aromatic heterocycles. The molecule has 7 heteroatoms. The first-order valence-corrected chi connectivity index (χ1v) is 7.47. The van der Waals surface area contributed by atoms with Crippen molar-refractivity contribution >= 4 is 17.5 Å². The second-order valence-electron chi connectivity index (χ2n) is 5.61. The lowest BCUT2D eigenvalue weighted by molar-refractivity contribution is -0.125. The Bertz CT molecular complexity index is 747. The first-order valence-electron chi connectivity index (χ1n) is 7.47. The summed E-state index contributed by atoms with van der Waals surface area (Å²) in [6, 6.07) is 6.89. The molecule has 3 rings (SSSR count). The number of rotatable bonds is 5. The van der Waals surface area contributed by atoms with Gasteiger partial charge in [0, 0.05) is 18.9 Å². The number of amides is 2. The van der Waals surface area contributed by atoms with Gasteiger partial charge in [-0.25, -0.2) is 8.78 Å². The van der Waals surface area contributed by atoms with Crippen LogP contribution in [-0.4, -0.2) is 16.8 Å². The van der Waals surface area contributed by atoms with Crippen LogP contribution in [0.1, 0.15) is 12.0 Å². The number of halogens is 2. The summed E-state index contributed by atoms with van der Waals surface area (Å²) in [6.45, 7) is 0.341. The molecule has 1 fully saturated rings. The zero-order valence-electron chi connectivity index (χ0n) is 12.6. The van der Waals surface area contributed by atoms with Gasteiger partial charge in [-0.3, -0.25) is 14.6 Å². The molecule has 2 unspecified atom stereocenters. The van der Waals surface area contributed by atoms with Crippen molar-refractivity contribution in [3.8, 4) is 0 Å². The normalized spacial score (nSPS) is 18.8. The Kier molecular flexibility index (Phi) is 4.50. The van der Waals surface area contributed by atoms with Crippen molar-refractivity contribution in [1.29, 1.82) is 0 Å². The standard InChI is InChI=1S/C17H15F2N3O2/c18-13-2-1-3-14(19)15(13)22-17(24)12-8-11(12)16(23)21-9-10-4-6-20-7-5-10/h1-7,11-12H,8-9H2,(H,21,23)(H,22,24). The number of hydrogen-bond acceptors (Lipinski definition) is 3. The van der Waals surface area contributed by atoms with Gasteiger partial charge in [0.1, 0.15) is 17.3 Å². The Morgan fingerprint density at radius 1 is 1.04 bits per heavy atom. The third-order valence-corrected chi connectivity index (χ3v) is 3.89. The average molecular weight is 331 g/mol. The predicted molar refractivity (Wildman–Crippen MR) is 82.7 cm³/mol. The minimum atomic E-state index is -0.845. The Morgan fingerprint density at radius 2 is 1.67 bits per heavy atom. The fourth-order valence-corrected chi connectivity index (χ4v) is 2.43. The second-order valence-corrected chi connectivity index (χ2v) is 5.61. The summed E-state index contributed by atoms with van der Waals surface area (Å²) in [6.07, 6.45) is 3.61. The topological polar surface area (TPSA) is 71.1 Å². The SMILES string of the molecule is O=C(NCc1ccncc1)C1CC1C(=O)Nc1c(F)cccc1F. The zero-order chi connectivity index (χ0) is 17.1. The van der Waals surface area contributed by atoms with Crippen molar-refractivity contribution in [1.82, 2.24) is 10.3 Å². The first-order chi connectivity index (χ1) is 11.6. The van der Waals surface area contributed by atoms with Crippen LogP contribution >= 0.6 is 0 Å². The second kappa shape index (κ2) is 6.74. The molecule has 1 saturated carbocycles. The van der Waals surface area contributed by atoms with Crippen LogP contribution in [0.2, 0.25) is 0 Å². The molecule has 1 heterocycles. The highest BCUT2D eigenvalue weighted by Gasteiger charge is 2.48. The molecule has 0 radical (unpaired) electrons. The lowest BCUT2D eigenvalue weighted by Crippen LogP contribution is -2.27. The van der Waals surface area contributed by atoms with Gasteiger partial charge in [0.15, 0.2) is 0 Å². The Hall–Kier alpha value is -2.83. The van der Waals surface area contributed by atoms with E-state index in [1.807, 2.05) is 0 Å².